The van der Waals surface area contributed by atoms with Crippen LogP contribution in [-0.4, -0.2) is 40.1 Å². The number of nitrogens with one attached hydrogen (secondary N) is 1. The summed E-state index contributed by atoms with van der Waals surface area (Å²) in [6.45, 7) is 1.72. The van der Waals surface area contributed by atoms with E-state index in [4.69, 9.17) is 5.26 Å². The van der Waals surface area contributed by atoms with Gasteiger partial charge in [0.25, 0.3) is 0 Å². The molecule has 6 nitrogen and oxygen atoms in total. The van der Waals surface area contributed by atoms with Gasteiger partial charge < -0.3 is 0 Å². The molecule has 0 spiro atoms. The Morgan fingerprint density at radius 3 is 2.59 bits per heavy atom. The molecular formula is C9H16N2O4S2. The Hall–Kier alpha value is -0.650. The van der Waals surface area contributed by atoms with Gasteiger partial charge in [0.2, 0.25) is 10.0 Å². The Balaban J connectivity index is 2.55. The molecule has 1 saturated heterocycles. The predicted molar refractivity (Wildman–Crippen MR) is 63.4 cm³/mol. The first-order chi connectivity index (χ1) is 7.80. The minimum absolute atomic E-state index is 0.0267. The van der Waals surface area contributed by atoms with E-state index in [9.17, 15) is 16.8 Å². The molecule has 0 aromatic heterocycles. The summed E-state index contributed by atoms with van der Waals surface area (Å²) in [5.41, 5.74) is 0. The summed E-state index contributed by atoms with van der Waals surface area (Å²) in [6.07, 6.45) is 0.697. The van der Waals surface area contributed by atoms with Crippen molar-refractivity contribution in [3.8, 4) is 6.07 Å². The second-order valence-corrected chi connectivity index (χ2v) is 8.36. The maximum absolute atomic E-state index is 11.6. The normalized spacial score (nSPS) is 25.3. The number of sulfone groups is 1. The van der Waals surface area contributed by atoms with Gasteiger partial charge in [-0.05, 0) is 18.8 Å². The molecule has 2 atom stereocenters. The fraction of sp³-hybridized carbons (Fsp3) is 0.889. The van der Waals surface area contributed by atoms with Gasteiger partial charge in [0, 0.05) is 6.54 Å². The number of nitrogens with zero attached hydrogens (tertiary/aromatic N) is 1. The van der Waals surface area contributed by atoms with E-state index >= 15 is 0 Å². The molecule has 0 saturated carbocycles. The van der Waals surface area contributed by atoms with Gasteiger partial charge in [-0.15, -0.1) is 0 Å². The Labute approximate surface area is 102 Å². The first kappa shape index (κ1) is 14.4. The van der Waals surface area contributed by atoms with E-state index in [1.54, 1.807) is 13.0 Å². The number of rotatable bonds is 5. The van der Waals surface area contributed by atoms with Crippen molar-refractivity contribution in [3.63, 3.8) is 0 Å². The molecule has 17 heavy (non-hydrogen) atoms. The molecule has 2 unspecified atom stereocenters. The van der Waals surface area contributed by atoms with Crippen molar-refractivity contribution in [2.75, 3.05) is 18.1 Å². The van der Waals surface area contributed by atoms with Crippen LogP contribution in [0.25, 0.3) is 0 Å². The highest BCUT2D eigenvalue weighted by molar-refractivity contribution is 7.91. The van der Waals surface area contributed by atoms with Crippen LogP contribution in [0.2, 0.25) is 0 Å². The maximum Gasteiger partial charge on any atom is 0.227 e. The third kappa shape index (κ3) is 3.94. The average molecular weight is 280 g/mol. The molecule has 0 bridgehead atoms. The van der Waals surface area contributed by atoms with Crippen molar-refractivity contribution < 1.29 is 16.8 Å². The average Bonchev–Trinajstić information content (AvgIpc) is 2.57. The van der Waals surface area contributed by atoms with Gasteiger partial charge in [-0.3, -0.25) is 0 Å². The zero-order valence-electron chi connectivity index (χ0n) is 9.59. The maximum atomic E-state index is 11.6. The standard InChI is InChI=1S/C9H16N2O4S2/c1-2-9(5-10)17(14,15)11-6-8-3-4-16(12,13)7-8/h8-9,11H,2-4,6-7H2,1H3. The summed E-state index contributed by atoms with van der Waals surface area (Å²) in [7, 11) is -6.65. The number of hydrogen-bond donors (Lipinski definition) is 1. The quantitative estimate of drug-likeness (QED) is 0.740. The smallest absolute Gasteiger partial charge is 0.227 e. The molecule has 0 aromatic rings. The van der Waals surface area contributed by atoms with Gasteiger partial charge in [-0.1, -0.05) is 6.92 Å². The highest BCUT2D eigenvalue weighted by Gasteiger charge is 2.30. The molecule has 0 amide bonds. The van der Waals surface area contributed by atoms with E-state index in [1.807, 2.05) is 0 Å². The van der Waals surface area contributed by atoms with Crippen molar-refractivity contribution in [3.05, 3.63) is 0 Å². The Kier molecular flexibility index (Phi) is 4.52. The van der Waals surface area contributed by atoms with Crippen molar-refractivity contribution in [2.24, 2.45) is 5.92 Å². The van der Waals surface area contributed by atoms with Crippen LogP contribution in [0, 0.1) is 17.2 Å². The van der Waals surface area contributed by atoms with Crippen molar-refractivity contribution in [1.82, 2.24) is 4.72 Å². The summed E-state index contributed by atoms with van der Waals surface area (Å²) in [4.78, 5) is 0. The number of sulfonamides is 1. The molecule has 1 N–H and O–H groups in total. The molecular weight excluding hydrogens is 264 g/mol. The van der Waals surface area contributed by atoms with E-state index in [0.29, 0.717) is 6.42 Å². The Morgan fingerprint density at radius 2 is 2.18 bits per heavy atom. The van der Waals surface area contributed by atoms with Crippen LogP contribution in [0.3, 0.4) is 0 Å². The number of hydrogen-bond acceptors (Lipinski definition) is 5. The summed E-state index contributed by atoms with van der Waals surface area (Å²) in [6, 6.07) is 1.71. The van der Waals surface area contributed by atoms with Crippen LogP contribution in [-0.2, 0) is 19.9 Å². The highest BCUT2D eigenvalue weighted by atomic mass is 32.2. The second kappa shape index (κ2) is 5.33. The SMILES string of the molecule is CCC(C#N)S(=O)(=O)NCC1CCS(=O)(=O)C1. The largest absolute Gasteiger partial charge is 0.229 e. The van der Waals surface area contributed by atoms with Crippen LogP contribution in [0.1, 0.15) is 19.8 Å². The lowest BCUT2D eigenvalue weighted by atomic mass is 10.1. The molecule has 8 heteroatoms. The summed E-state index contributed by atoms with van der Waals surface area (Å²) in [5.74, 6) is -0.0285. The lowest BCUT2D eigenvalue weighted by Crippen LogP contribution is -2.36. The van der Waals surface area contributed by atoms with Crippen LogP contribution in [0.4, 0.5) is 0 Å². The topological polar surface area (TPSA) is 104 Å². The summed E-state index contributed by atoms with van der Waals surface area (Å²) >= 11 is 0. The third-order valence-electron chi connectivity index (χ3n) is 2.79. The fourth-order valence-electron chi connectivity index (χ4n) is 1.75. The second-order valence-electron chi connectivity index (χ2n) is 4.19. The first-order valence-electron chi connectivity index (χ1n) is 5.39. The van der Waals surface area contributed by atoms with Crippen LogP contribution >= 0.6 is 0 Å². The summed E-state index contributed by atoms with van der Waals surface area (Å²) in [5, 5.41) is 7.60. The van der Waals surface area contributed by atoms with Gasteiger partial charge in [0.15, 0.2) is 15.1 Å². The molecule has 1 fully saturated rings. The molecule has 98 valence electrons. The predicted octanol–water partition coefficient (Wildman–Crippen LogP) is -0.357. The van der Waals surface area contributed by atoms with Gasteiger partial charge in [0.1, 0.15) is 0 Å². The molecule has 0 radical (unpaired) electrons. The van der Waals surface area contributed by atoms with Gasteiger partial charge in [0.05, 0.1) is 17.6 Å². The minimum Gasteiger partial charge on any atom is -0.229 e. The van der Waals surface area contributed by atoms with Crippen molar-refractivity contribution in [1.29, 1.82) is 5.26 Å². The van der Waals surface area contributed by atoms with E-state index in [2.05, 4.69) is 4.72 Å². The lowest BCUT2D eigenvalue weighted by Gasteiger charge is -2.12. The summed E-state index contributed by atoms with van der Waals surface area (Å²) < 4.78 is 47.9. The van der Waals surface area contributed by atoms with Crippen LogP contribution in [0.5, 0.6) is 0 Å². The first-order valence-corrected chi connectivity index (χ1v) is 8.76. The number of nitriles is 1. The van der Waals surface area contributed by atoms with E-state index < -0.39 is 25.1 Å². The van der Waals surface area contributed by atoms with Gasteiger partial charge in [-0.25, -0.2) is 21.6 Å². The molecule has 1 rings (SSSR count). The minimum atomic E-state index is -3.65. The fourth-order valence-corrected chi connectivity index (χ4v) is 4.86. The highest BCUT2D eigenvalue weighted by Crippen LogP contribution is 2.18. The van der Waals surface area contributed by atoms with E-state index in [0.717, 1.165) is 0 Å². The molecule has 0 aliphatic carbocycles. The van der Waals surface area contributed by atoms with Crippen molar-refractivity contribution >= 4 is 19.9 Å². The van der Waals surface area contributed by atoms with E-state index in [1.165, 1.54) is 0 Å². The lowest BCUT2D eigenvalue weighted by molar-refractivity contribution is 0.538. The van der Waals surface area contributed by atoms with Crippen LogP contribution in [0.15, 0.2) is 0 Å². The van der Waals surface area contributed by atoms with Gasteiger partial charge in [-0.2, -0.15) is 5.26 Å². The molecule has 1 aliphatic rings. The third-order valence-corrected chi connectivity index (χ3v) is 6.38. The zero-order chi connectivity index (χ0) is 13.1. The Morgan fingerprint density at radius 1 is 1.53 bits per heavy atom. The zero-order valence-corrected chi connectivity index (χ0v) is 11.2. The van der Waals surface area contributed by atoms with E-state index in [-0.39, 0.29) is 30.4 Å². The Bertz CT molecular complexity index is 504. The monoisotopic (exact) mass is 280 g/mol. The van der Waals surface area contributed by atoms with Gasteiger partial charge >= 0.3 is 0 Å². The molecule has 0 aromatic carbocycles. The van der Waals surface area contributed by atoms with Crippen molar-refractivity contribution in [2.45, 2.75) is 25.0 Å². The van der Waals surface area contributed by atoms with Crippen LogP contribution < -0.4 is 4.72 Å². The molecule has 1 heterocycles. The molecule has 1 aliphatic heterocycles.